The molecule has 0 heterocycles. The van der Waals surface area contributed by atoms with Gasteiger partial charge in [-0.05, 0) is 6.42 Å². The number of halogens is 1. The molecule has 0 saturated carbocycles. The summed E-state index contributed by atoms with van der Waals surface area (Å²) in [5.41, 5.74) is 0. The van der Waals surface area contributed by atoms with Crippen LogP contribution in [0.2, 0.25) is 0 Å². The molecule has 10 heavy (non-hydrogen) atoms. The number of carbonyl (C=O) groups is 1. The smallest absolute Gasteiger partial charge is 0.229 e. The van der Waals surface area contributed by atoms with Gasteiger partial charge in [-0.2, -0.15) is 0 Å². The number of alkyl halides is 1. The second kappa shape index (κ2) is 7.31. The summed E-state index contributed by atoms with van der Waals surface area (Å²) < 4.78 is 0.573. The maximum absolute atomic E-state index is 10.7. The normalized spacial score (nSPS) is 9.40. The van der Waals surface area contributed by atoms with E-state index in [0.717, 1.165) is 13.0 Å². The van der Waals surface area contributed by atoms with Crippen LogP contribution in [0.1, 0.15) is 26.2 Å². The fourth-order valence-electron chi connectivity index (χ4n) is 0.650. The number of hydrogen-bond donors (Lipinski definition) is 1. The van der Waals surface area contributed by atoms with Crippen molar-refractivity contribution in [2.45, 2.75) is 26.2 Å². The molecule has 0 aliphatic carbocycles. The van der Waals surface area contributed by atoms with Crippen LogP contribution < -0.4 is 5.32 Å². The van der Waals surface area contributed by atoms with Crippen molar-refractivity contribution in [2.75, 3.05) is 11.0 Å². The maximum atomic E-state index is 10.7. The van der Waals surface area contributed by atoms with E-state index >= 15 is 0 Å². The van der Waals surface area contributed by atoms with E-state index in [1.807, 2.05) is 0 Å². The molecule has 0 atom stereocenters. The van der Waals surface area contributed by atoms with E-state index < -0.39 is 0 Å². The lowest BCUT2D eigenvalue weighted by atomic mass is 10.2. The average Bonchev–Trinajstić information content (AvgIpc) is 1.98. The Morgan fingerprint density at radius 2 is 2.20 bits per heavy atom. The molecular weight excluding hydrogens is 241 g/mol. The zero-order valence-electron chi connectivity index (χ0n) is 6.32. The minimum Gasteiger partial charge on any atom is -0.355 e. The lowest BCUT2D eigenvalue weighted by molar-refractivity contribution is -0.118. The highest BCUT2D eigenvalue weighted by Crippen LogP contribution is 1.91. The summed E-state index contributed by atoms with van der Waals surface area (Å²) in [5.74, 6) is 0.150. The van der Waals surface area contributed by atoms with Gasteiger partial charge in [0.05, 0.1) is 4.43 Å². The van der Waals surface area contributed by atoms with Crippen molar-refractivity contribution in [1.29, 1.82) is 0 Å². The topological polar surface area (TPSA) is 29.1 Å². The molecule has 0 rings (SSSR count). The predicted octanol–water partition coefficient (Wildman–Crippen LogP) is 1.73. The Labute approximate surface area is 75.9 Å². The first kappa shape index (κ1) is 10.2. The second-order valence-electron chi connectivity index (χ2n) is 2.19. The molecule has 0 spiro atoms. The van der Waals surface area contributed by atoms with Crippen LogP contribution in [0.5, 0.6) is 0 Å². The largest absolute Gasteiger partial charge is 0.355 e. The minimum atomic E-state index is 0.150. The third-order valence-corrected chi connectivity index (χ3v) is 1.92. The molecule has 1 amide bonds. The molecule has 0 radical (unpaired) electrons. The predicted molar refractivity (Wildman–Crippen MR) is 51.4 cm³/mol. The quantitative estimate of drug-likeness (QED) is 0.452. The van der Waals surface area contributed by atoms with Crippen molar-refractivity contribution < 1.29 is 4.79 Å². The zero-order valence-corrected chi connectivity index (χ0v) is 8.48. The number of hydrogen-bond acceptors (Lipinski definition) is 1. The third-order valence-electron chi connectivity index (χ3n) is 1.22. The van der Waals surface area contributed by atoms with E-state index in [-0.39, 0.29) is 5.91 Å². The molecule has 3 heteroatoms. The van der Waals surface area contributed by atoms with Crippen molar-refractivity contribution in [3.05, 3.63) is 0 Å². The van der Waals surface area contributed by atoms with E-state index in [4.69, 9.17) is 0 Å². The van der Waals surface area contributed by atoms with Gasteiger partial charge in [-0.15, -0.1) is 0 Å². The van der Waals surface area contributed by atoms with Crippen molar-refractivity contribution in [3.8, 4) is 0 Å². The summed E-state index contributed by atoms with van der Waals surface area (Å²) in [6, 6.07) is 0. The number of nitrogens with one attached hydrogen (secondary N) is 1. The van der Waals surface area contributed by atoms with E-state index in [9.17, 15) is 4.79 Å². The highest BCUT2D eigenvalue weighted by atomic mass is 127. The molecule has 0 saturated heterocycles. The first-order valence-electron chi connectivity index (χ1n) is 3.64. The van der Waals surface area contributed by atoms with Gasteiger partial charge in [0.2, 0.25) is 5.91 Å². The fraction of sp³-hybridized carbons (Fsp3) is 0.857. The average molecular weight is 255 g/mol. The molecule has 0 fully saturated rings. The molecule has 0 aromatic carbocycles. The molecular formula is C7H14INO. The van der Waals surface area contributed by atoms with Gasteiger partial charge in [-0.25, -0.2) is 0 Å². The molecule has 0 bridgehead atoms. The minimum absolute atomic E-state index is 0.150. The summed E-state index contributed by atoms with van der Waals surface area (Å²) in [6.07, 6.45) is 3.53. The lowest BCUT2D eigenvalue weighted by Gasteiger charge is -2.00. The van der Waals surface area contributed by atoms with E-state index in [1.54, 1.807) is 0 Å². The van der Waals surface area contributed by atoms with E-state index in [1.165, 1.54) is 12.8 Å². The van der Waals surface area contributed by atoms with Gasteiger partial charge < -0.3 is 5.32 Å². The van der Waals surface area contributed by atoms with Crippen LogP contribution in [-0.4, -0.2) is 16.9 Å². The Hall–Kier alpha value is 0.200. The van der Waals surface area contributed by atoms with Crippen LogP contribution in [0.15, 0.2) is 0 Å². The fourth-order valence-corrected chi connectivity index (χ4v) is 0.920. The van der Waals surface area contributed by atoms with E-state index in [2.05, 4.69) is 34.8 Å². The summed E-state index contributed by atoms with van der Waals surface area (Å²) in [7, 11) is 0. The van der Waals surface area contributed by atoms with Crippen LogP contribution in [0.3, 0.4) is 0 Å². The van der Waals surface area contributed by atoms with Crippen molar-refractivity contribution >= 4 is 28.5 Å². The maximum Gasteiger partial charge on any atom is 0.229 e. The van der Waals surface area contributed by atoms with Gasteiger partial charge in [0.1, 0.15) is 0 Å². The molecule has 2 nitrogen and oxygen atoms in total. The number of amides is 1. The van der Waals surface area contributed by atoms with Crippen LogP contribution >= 0.6 is 22.6 Å². The first-order chi connectivity index (χ1) is 4.81. The van der Waals surface area contributed by atoms with Gasteiger partial charge in [0, 0.05) is 6.54 Å². The Kier molecular flexibility index (Phi) is 7.45. The second-order valence-corrected chi connectivity index (χ2v) is 2.95. The Morgan fingerprint density at radius 3 is 2.70 bits per heavy atom. The van der Waals surface area contributed by atoms with Gasteiger partial charge in [-0.1, -0.05) is 42.4 Å². The van der Waals surface area contributed by atoms with Gasteiger partial charge in [0.25, 0.3) is 0 Å². The Balaban J connectivity index is 2.96. The third kappa shape index (κ3) is 6.32. The van der Waals surface area contributed by atoms with Crippen LogP contribution in [0.4, 0.5) is 0 Å². The van der Waals surface area contributed by atoms with Gasteiger partial charge in [0.15, 0.2) is 0 Å². The Bertz CT molecular complexity index is 95.6. The molecule has 60 valence electrons. The summed E-state index contributed by atoms with van der Waals surface area (Å²) in [4.78, 5) is 10.7. The molecule has 0 aliphatic heterocycles. The van der Waals surface area contributed by atoms with E-state index in [0.29, 0.717) is 4.43 Å². The number of carbonyl (C=O) groups excluding carboxylic acids is 1. The first-order valence-corrected chi connectivity index (χ1v) is 5.16. The molecule has 0 aromatic heterocycles. The molecule has 0 aromatic rings. The number of unbranched alkanes of at least 4 members (excludes halogenated alkanes) is 2. The SMILES string of the molecule is CCCCCNC(=O)CI. The van der Waals surface area contributed by atoms with Crippen LogP contribution in [0.25, 0.3) is 0 Å². The summed E-state index contributed by atoms with van der Waals surface area (Å²) in [6.45, 7) is 3.00. The van der Waals surface area contributed by atoms with Crippen LogP contribution in [0, 0.1) is 0 Å². The Morgan fingerprint density at radius 1 is 1.50 bits per heavy atom. The van der Waals surface area contributed by atoms with Gasteiger partial charge in [-0.3, -0.25) is 4.79 Å². The monoisotopic (exact) mass is 255 g/mol. The van der Waals surface area contributed by atoms with Crippen molar-refractivity contribution in [3.63, 3.8) is 0 Å². The molecule has 1 N–H and O–H groups in total. The summed E-state index contributed by atoms with van der Waals surface area (Å²) in [5, 5.41) is 2.82. The summed E-state index contributed by atoms with van der Waals surface area (Å²) >= 11 is 2.06. The highest BCUT2D eigenvalue weighted by molar-refractivity contribution is 14.1. The highest BCUT2D eigenvalue weighted by Gasteiger charge is 1.94. The standard InChI is InChI=1S/C7H14INO/c1-2-3-4-5-9-7(10)6-8/h2-6H2,1H3,(H,9,10). The number of rotatable bonds is 5. The zero-order chi connectivity index (χ0) is 7.82. The molecule has 0 unspecified atom stereocenters. The molecule has 0 aliphatic rings. The lowest BCUT2D eigenvalue weighted by Crippen LogP contribution is -2.24. The van der Waals surface area contributed by atoms with Gasteiger partial charge >= 0.3 is 0 Å². The van der Waals surface area contributed by atoms with Crippen molar-refractivity contribution in [1.82, 2.24) is 5.32 Å². The van der Waals surface area contributed by atoms with Crippen LogP contribution in [-0.2, 0) is 4.79 Å². The van der Waals surface area contributed by atoms with Crippen molar-refractivity contribution in [2.24, 2.45) is 0 Å².